The minimum absolute atomic E-state index is 0.0229. The Hall–Kier alpha value is -0.700. The summed E-state index contributed by atoms with van der Waals surface area (Å²) < 4.78 is 23.7. The minimum Gasteiger partial charge on any atom is -0.323 e. The van der Waals surface area contributed by atoms with Crippen LogP contribution in [0, 0.1) is 0 Å². The second-order valence-corrected chi connectivity index (χ2v) is 8.01. The summed E-state index contributed by atoms with van der Waals surface area (Å²) in [6.07, 6.45) is 1.59. The normalized spacial score (nSPS) is 21.4. The maximum absolute atomic E-state index is 11.9. The van der Waals surface area contributed by atoms with E-state index < -0.39 is 9.84 Å². The third-order valence-corrected chi connectivity index (χ3v) is 5.28. The molecule has 0 saturated carbocycles. The van der Waals surface area contributed by atoms with Gasteiger partial charge in [0.25, 0.3) is 0 Å². The van der Waals surface area contributed by atoms with Crippen molar-refractivity contribution in [2.75, 3.05) is 23.4 Å². The number of hydrogen-bond donors (Lipinski definition) is 2. The first-order chi connectivity index (χ1) is 9.35. The molecule has 0 aromatic carbocycles. The molecule has 1 fully saturated rings. The molecule has 2 rings (SSSR count). The summed E-state index contributed by atoms with van der Waals surface area (Å²) in [5, 5.41) is 5.83. The summed E-state index contributed by atoms with van der Waals surface area (Å²) >= 11 is 9.11. The lowest BCUT2D eigenvalue weighted by Crippen LogP contribution is -2.46. The molecule has 1 unspecified atom stereocenters. The van der Waals surface area contributed by atoms with Gasteiger partial charge in [-0.15, -0.1) is 0 Å². The van der Waals surface area contributed by atoms with Crippen molar-refractivity contribution in [2.45, 2.75) is 12.5 Å². The topological polar surface area (TPSA) is 88.2 Å². The number of carbonyl (C=O) groups excluding carboxylic acids is 1. The number of amides is 1. The highest BCUT2D eigenvalue weighted by molar-refractivity contribution is 9.10. The molecule has 1 atom stereocenters. The smallest absolute Gasteiger partial charge is 0.226 e. The Morgan fingerprint density at radius 3 is 3.05 bits per heavy atom. The number of carbonyl (C=O) groups is 1. The number of nitrogens with zero attached hydrogens (tertiary/aromatic N) is 1. The second-order valence-electron chi connectivity index (χ2n) is 4.51. The maximum atomic E-state index is 11.9. The zero-order valence-corrected chi connectivity index (χ0v) is 13.6. The molecule has 0 aliphatic carbocycles. The van der Waals surface area contributed by atoms with Crippen LogP contribution in [-0.4, -0.2) is 43.4 Å². The lowest BCUT2D eigenvalue weighted by Gasteiger charge is -2.23. The van der Waals surface area contributed by atoms with Gasteiger partial charge in [-0.25, -0.2) is 13.4 Å². The van der Waals surface area contributed by atoms with Crippen molar-refractivity contribution in [3.8, 4) is 0 Å². The van der Waals surface area contributed by atoms with E-state index in [4.69, 9.17) is 11.6 Å². The summed E-state index contributed by atoms with van der Waals surface area (Å²) in [7, 11) is -3.05. The molecule has 1 aromatic rings. The SMILES string of the molecule is O=C(CC1CS(=O)(=O)CCN1)Nc1cc(Br)cnc1Cl. The Balaban J connectivity index is 1.97. The fraction of sp³-hybridized carbons (Fsp3) is 0.455. The average molecular weight is 383 g/mol. The molecule has 110 valence electrons. The summed E-state index contributed by atoms with van der Waals surface area (Å²) in [4.78, 5) is 15.8. The van der Waals surface area contributed by atoms with E-state index in [0.29, 0.717) is 16.7 Å². The van der Waals surface area contributed by atoms with E-state index in [1.165, 1.54) is 6.20 Å². The number of halogens is 2. The van der Waals surface area contributed by atoms with Crippen LogP contribution in [0.3, 0.4) is 0 Å². The van der Waals surface area contributed by atoms with Crippen LogP contribution in [0.25, 0.3) is 0 Å². The minimum atomic E-state index is -3.05. The molecule has 1 aliphatic rings. The summed E-state index contributed by atoms with van der Waals surface area (Å²) in [6.45, 7) is 0.374. The Morgan fingerprint density at radius 2 is 2.35 bits per heavy atom. The Labute approximate surface area is 130 Å². The maximum Gasteiger partial charge on any atom is 0.226 e. The van der Waals surface area contributed by atoms with Crippen LogP contribution in [0.1, 0.15) is 6.42 Å². The van der Waals surface area contributed by atoms with Crippen molar-refractivity contribution in [1.29, 1.82) is 0 Å². The highest BCUT2D eigenvalue weighted by Gasteiger charge is 2.26. The van der Waals surface area contributed by atoms with Gasteiger partial charge in [0.2, 0.25) is 5.91 Å². The van der Waals surface area contributed by atoms with E-state index >= 15 is 0 Å². The zero-order valence-electron chi connectivity index (χ0n) is 10.4. The van der Waals surface area contributed by atoms with Gasteiger partial charge in [-0.3, -0.25) is 4.79 Å². The fourth-order valence-electron chi connectivity index (χ4n) is 1.93. The molecule has 1 aromatic heterocycles. The standard InChI is InChI=1S/C11H13BrClN3O3S/c12-7-3-9(11(13)15-5-7)16-10(17)4-8-6-20(18,19)2-1-14-8/h3,5,8,14H,1-2,4,6H2,(H,16,17). The molecule has 6 nitrogen and oxygen atoms in total. The lowest BCUT2D eigenvalue weighted by atomic mass is 10.2. The van der Waals surface area contributed by atoms with Crippen LogP contribution in [0.4, 0.5) is 5.69 Å². The van der Waals surface area contributed by atoms with Crippen LogP contribution >= 0.6 is 27.5 Å². The van der Waals surface area contributed by atoms with Crippen LogP contribution in [-0.2, 0) is 14.6 Å². The number of anilines is 1. The largest absolute Gasteiger partial charge is 0.323 e. The number of hydrogen-bond acceptors (Lipinski definition) is 5. The van der Waals surface area contributed by atoms with Gasteiger partial charge in [-0.1, -0.05) is 11.6 Å². The number of nitrogens with one attached hydrogen (secondary N) is 2. The van der Waals surface area contributed by atoms with Crippen molar-refractivity contribution < 1.29 is 13.2 Å². The average Bonchev–Trinajstić information content (AvgIpc) is 2.32. The lowest BCUT2D eigenvalue weighted by molar-refractivity contribution is -0.116. The molecule has 1 saturated heterocycles. The monoisotopic (exact) mass is 381 g/mol. The predicted molar refractivity (Wildman–Crippen MR) is 80.6 cm³/mol. The zero-order chi connectivity index (χ0) is 14.8. The number of pyridine rings is 1. The quantitative estimate of drug-likeness (QED) is 0.767. The Morgan fingerprint density at radius 1 is 1.60 bits per heavy atom. The number of sulfone groups is 1. The van der Waals surface area contributed by atoms with E-state index in [9.17, 15) is 13.2 Å². The second kappa shape index (κ2) is 6.38. The molecule has 0 spiro atoms. The van der Waals surface area contributed by atoms with Crippen molar-refractivity contribution in [2.24, 2.45) is 0 Å². The fourth-order valence-corrected chi connectivity index (χ4v) is 3.86. The van der Waals surface area contributed by atoms with Gasteiger partial charge >= 0.3 is 0 Å². The first-order valence-electron chi connectivity index (χ1n) is 5.90. The van der Waals surface area contributed by atoms with Crippen LogP contribution in [0.15, 0.2) is 16.7 Å². The van der Waals surface area contributed by atoms with E-state index in [1.54, 1.807) is 6.07 Å². The van der Waals surface area contributed by atoms with Gasteiger partial charge in [-0.2, -0.15) is 0 Å². The van der Waals surface area contributed by atoms with Gasteiger partial charge in [0.15, 0.2) is 15.0 Å². The van der Waals surface area contributed by atoms with Gasteiger partial charge in [0.05, 0.1) is 17.2 Å². The molecule has 2 N–H and O–H groups in total. The van der Waals surface area contributed by atoms with Crippen molar-refractivity contribution >= 4 is 49.0 Å². The molecular weight excluding hydrogens is 370 g/mol. The molecule has 20 heavy (non-hydrogen) atoms. The first kappa shape index (κ1) is 15.7. The Bertz CT molecular complexity index is 623. The third-order valence-electron chi connectivity index (χ3n) is 2.81. The molecule has 0 radical (unpaired) electrons. The highest BCUT2D eigenvalue weighted by atomic mass is 79.9. The third kappa shape index (κ3) is 4.41. The summed E-state index contributed by atoms with van der Waals surface area (Å²) in [5.74, 6) is -0.210. The molecule has 2 heterocycles. The molecule has 9 heteroatoms. The number of rotatable bonds is 3. The van der Waals surface area contributed by atoms with E-state index in [2.05, 4.69) is 31.5 Å². The van der Waals surface area contributed by atoms with E-state index in [-0.39, 0.29) is 35.0 Å². The molecule has 1 aliphatic heterocycles. The van der Waals surface area contributed by atoms with Crippen LogP contribution in [0.5, 0.6) is 0 Å². The van der Waals surface area contributed by atoms with E-state index in [0.717, 1.165) is 0 Å². The van der Waals surface area contributed by atoms with E-state index in [1.807, 2.05) is 0 Å². The van der Waals surface area contributed by atoms with Crippen LogP contribution in [0.2, 0.25) is 5.15 Å². The van der Waals surface area contributed by atoms with Crippen molar-refractivity contribution in [3.05, 3.63) is 21.9 Å². The summed E-state index contributed by atoms with van der Waals surface area (Å²) in [5.41, 5.74) is 0.393. The van der Waals surface area contributed by atoms with Gasteiger partial charge in [0.1, 0.15) is 0 Å². The summed E-state index contributed by atoms with van der Waals surface area (Å²) in [6, 6.07) is 1.27. The van der Waals surface area contributed by atoms with Gasteiger partial charge in [-0.05, 0) is 22.0 Å². The predicted octanol–water partition coefficient (Wildman–Crippen LogP) is 1.21. The van der Waals surface area contributed by atoms with Gasteiger partial charge in [0, 0.05) is 29.7 Å². The molecular formula is C11H13BrClN3O3S. The Kier molecular flexibility index (Phi) is 5.00. The molecule has 0 bridgehead atoms. The van der Waals surface area contributed by atoms with Gasteiger partial charge < -0.3 is 10.6 Å². The number of aromatic nitrogens is 1. The first-order valence-corrected chi connectivity index (χ1v) is 8.90. The molecule has 1 amide bonds. The van der Waals surface area contributed by atoms with Crippen LogP contribution < -0.4 is 10.6 Å². The van der Waals surface area contributed by atoms with Crippen molar-refractivity contribution in [1.82, 2.24) is 10.3 Å². The van der Waals surface area contributed by atoms with Crippen molar-refractivity contribution in [3.63, 3.8) is 0 Å². The highest BCUT2D eigenvalue weighted by Crippen LogP contribution is 2.23.